The second-order valence-corrected chi connectivity index (χ2v) is 4.97. The minimum absolute atomic E-state index is 0.489. The molecule has 6 nitrogen and oxygen atoms in total. The summed E-state index contributed by atoms with van der Waals surface area (Å²) in [6.45, 7) is 4.09. The Morgan fingerprint density at radius 1 is 1.14 bits per heavy atom. The molecule has 1 aliphatic heterocycles. The van der Waals surface area contributed by atoms with E-state index in [-0.39, 0.29) is 0 Å². The summed E-state index contributed by atoms with van der Waals surface area (Å²) in [5, 5.41) is 5.02. The maximum Gasteiger partial charge on any atom is 0.276 e. The van der Waals surface area contributed by atoms with Gasteiger partial charge in [0.25, 0.3) is 10.2 Å². The first-order valence-corrected chi connectivity index (χ1v) is 6.24. The van der Waals surface area contributed by atoms with Crippen LogP contribution >= 0.6 is 0 Å². The van der Waals surface area contributed by atoms with E-state index in [2.05, 4.69) is 4.90 Å². The average molecular weight is 222 g/mol. The van der Waals surface area contributed by atoms with Gasteiger partial charge in [0.15, 0.2) is 0 Å². The number of rotatable bonds is 4. The van der Waals surface area contributed by atoms with Crippen molar-refractivity contribution < 1.29 is 8.42 Å². The molecule has 14 heavy (non-hydrogen) atoms. The van der Waals surface area contributed by atoms with Crippen LogP contribution in [-0.4, -0.2) is 56.9 Å². The number of hydrogen-bond donors (Lipinski definition) is 2. The van der Waals surface area contributed by atoms with Gasteiger partial charge in [0, 0.05) is 26.2 Å². The van der Waals surface area contributed by atoms with Crippen molar-refractivity contribution in [2.45, 2.75) is 6.42 Å². The monoisotopic (exact) mass is 222 g/mol. The molecule has 0 unspecified atom stereocenters. The summed E-state index contributed by atoms with van der Waals surface area (Å²) in [7, 11) is -3.49. The van der Waals surface area contributed by atoms with Gasteiger partial charge in [-0.3, -0.25) is 0 Å². The van der Waals surface area contributed by atoms with E-state index in [4.69, 9.17) is 10.9 Å². The predicted octanol–water partition coefficient (Wildman–Crippen LogP) is -1.84. The smallest absolute Gasteiger partial charge is 0.276 e. The molecular weight excluding hydrogens is 204 g/mol. The van der Waals surface area contributed by atoms with E-state index in [0.29, 0.717) is 19.6 Å². The molecule has 0 spiro atoms. The highest BCUT2D eigenvalue weighted by Crippen LogP contribution is 2.04. The molecule has 0 aromatic carbocycles. The topological polar surface area (TPSA) is 92.7 Å². The third-order valence-corrected chi connectivity index (χ3v) is 3.45. The van der Waals surface area contributed by atoms with Gasteiger partial charge in [-0.1, -0.05) is 0 Å². The molecule has 0 aromatic heterocycles. The van der Waals surface area contributed by atoms with Gasteiger partial charge in [-0.15, -0.1) is 0 Å². The van der Waals surface area contributed by atoms with Gasteiger partial charge < -0.3 is 10.6 Å². The van der Waals surface area contributed by atoms with Gasteiger partial charge in [-0.25, -0.2) is 5.14 Å². The third kappa shape index (κ3) is 3.50. The molecule has 0 aliphatic carbocycles. The van der Waals surface area contributed by atoms with Crippen molar-refractivity contribution in [3.8, 4) is 0 Å². The van der Waals surface area contributed by atoms with Crippen LogP contribution in [0, 0.1) is 0 Å². The second-order valence-electron chi connectivity index (χ2n) is 3.43. The maximum absolute atomic E-state index is 11.0. The van der Waals surface area contributed by atoms with E-state index in [0.717, 1.165) is 26.1 Å². The molecular formula is C7H18N4O2S. The van der Waals surface area contributed by atoms with Crippen LogP contribution in [0.4, 0.5) is 0 Å². The van der Waals surface area contributed by atoms with Crippen molar-refractivity contribution in [1.29, 1.82) is 0 Å². The molecule has 1 saturated heterocycles. The first-order chi connectivity index (χ1) is 6.54. The zero-order valence-corrected chi connectivity index (χ0v) is 9.04. The van der Waals surface area contributed by atoms with Crippen molar-refractivity contribution in [2.75, 3.05) is 39.3 Å². The van der Waals surface area contributed by atoms with Crippen LogP contribution in [0.2, 0.25) is 0 Å². The van der Waals surface area contributed by atoms with Crippen molar-refractivity contribution in [1.82, 2.24) is 9.21 Å². The van der Waals surface area contributed by atoms with E-state index in [9.17, 15) is 8.42 Å². The summed E-state index contributed by atoms with van der Waals surface area (Å²) in [6.07, 6.45) is 0.954. The highest BCUT2D eigenvalue weighted by atomic mass is 32.2. The van der Waals surface area contributed by atoms with E-state index in [1.54, 1.807) is 0 Å². The SMILES string of the molecule is NCCCN1CCN(S(N)(=O)=O)CC1. The Morgan fingerprint density at radius 2 is 1.71 bits per heavy atom. The van der Waals surface area contributed by atoms with Crippen LogP contribution in [0.25, 0.3) is 0 Å². The Hall–Kier alpha value is -0.210. The lowest BCUT2D eigenvalue weighted by Crippen LogP contribution is -2.50. The fourth-order valence-electron chi connectivity index (χ4n) is 1.52. The Balaban J connectivity index is 2.31. The van der Waals surface area contributed by atoms with Crippen LogP contribution in [0.1, 0.15) is 6.42 Å². The molecule has 4 N–H and O–H groups in total. The minimum atomic E-state index is -3.49. The summed E-state index contributed by atoms with van der Waals surface area (Å²) in [5.74, 6) is 0. The van der Waals surface area contributed by atoms with Gasteiger partial charge in [0.1, 0.15) is 0 Å². The molecule has 1 aliphatic rings. The van der Waals surface area contributed by atoms with Crippen LogP contribution in [0.3, 0.4) is 0 Å². The third-order valence-electron chi connectivity index (χ3n) is 2.37. The Bertz CT molecular complexity index is 259. The first-order valence-electron chi connectivity index (χ1n) is 4.74. The van der Waals surface area contributed by atoms with Gasteiger partial charge in [0.2, 0.25) is 0 Å². The molecule has 0 atom stereocenters. The highest BCUT2D eigenvalue weighted by molar-refractivity contribution is 7.86. The average Bonchev–Trinajstić information content (AvgIpc) is 2.14. The summed E-state index contributed by atoms with van der Waals surface area (Å²) in [4.78, 5) is 2.20. The van der Waals surface area contributed by atoms with Crippen LogP contribution in [0.5, 0.6) is 0 Å². The van der Waals surface area contributed by atoms with Crippen LogP contribution in [0.15, 0.2) is 0 Å². The normalized spacial score (nSPS) is 21.3. The first kappa shape index (κ1) is 11.9. The molecule has 0 bridgehead atoms. The van der Waals surface area contributed by atoms with Crippen molar-refractivity contribution in [2.24, 2.45) is 10.9 Å². The summed E-state index contributed by atoms with van der Waals surface area (Å²) < 4.78 is 23.3. The van der Waals surface area contributed by atoms with Crippen molar-refractivity contribution >= 4 is 10.2 Å². The standard InChI is InChI=1S/C7H18N4O2S/c8-2-1-3-10-4-6-11(7-5-10)14(9,12)13/h1-8H2,(H2,9,12,13). The van der Waals surface area contributed by atoms with Crippen LogP contribution in [-0.2, 0) is 10.2 Å². The Labute approximate surface area is 85.0 Å². The van der Waals surface area contributed by atoms with Crippen molar-refractivity contribution in [3.63, 3.8) is 0 Å². The van der Waals surface area contributed by atoms with E-state index >= 15 is 0 Å². The highest BCUT2D eigenvalue weighted by Gasteiger charge is 2.23. The van der Waals surface area contributed by atoms with Gasteiger partial charge >= 0.3 is 0 Å². The molecule has 1 fully saturated rings. The lowest BCUT2D eigenvalue weighted by Gasteiger charge is -2.32. The van der Waals surface area contributed by atoms with Gasteiger partial charge in [0.05, 0.1) is 0 Å². The zero-order valence-electron chi connectivity index (χ0n) is 8.22. The van der Waals surface area contributed by atoms with Crippen molar-refractivity contribution in [3.05, 3.63) is 0 Å². The van der Waals surface area contributed by atoms with Crippen LogP contribution < -0.4 is 10.9 Å². The Kier molecular flexibility index (Phi) is 4.27. The number of nitrogens with two attached hydrogens (primary N) is 2. The summed E-state index contributed by atoms with van der Waals surface area (Å²) in [6, 6.07) is 0. The maximum atomic E-state index is 11.0. The largest absolute Gasteiger partial charge is 0.330 e. The number of piperazine rings is 1. The van der Waals surface area contributed by atoms with Gasteiger partial charge in [-0.05, 0) is 19.5 Å². The predicted molar refractivity (Wildman–Crippen MR) is 54.8 cm³/mol. The fourth-order valence-corrected chi connectivity index (χ4v) is 2.19. The minimum Gasteiger partial charge on any atom is -0.330 e. The molecule has 0 amide bonds. The van der Waals surface area contributed by atoms with E-state index in [1.807, 2.05) is 0 Å². The zero-order chi connectivity index (χ0) is 10.6. The summed E-state index contributed by atoms with van der Waals surface area (Å²) in [5.41, 5.74) is 5.39. The second kappa shape index (κ2) is 5.04. The molecule has 1 heterocycles. The molecule has 1 rings (SSSR count). The molecule has 0 saturated carbocycles. The lowest BCUT2D eigenvalue weighted by atomic mass is 10.3. The van der Waals surface area contributed by atoms with E-state index in [1.165, 1.54) is 4.31 Å². The molecule has 84 valence electrons. The van der Waals surface area contributed by atoms with E-state index < -0.39 is 10.2 Å². The quantitative estimate of drug-likeness (QED) is 0.584. The lowest BCUT2D eigenvalue weighted by molar-refractivity contribution is 0.187. The molecule has 0 radical (unpaired) electrons. The Morgan fingerprint density at radius 3 is 2.14 bits per heavy atom. The number of nitrogens with zero attached hydrogens (tertiary/aromatic N) is 2. The number of hydrogen-bond acceptors (Lipinski definition) is 4. The van der Waals surface area contributed by atoms with Gasteiger partial charge in [-0.2, -0.15) is 12.7 Å². The summed E-state index contributed by atoms with van der Waals surface area (Å²) >= 11 is 0. The molecule has 7 heteroatoms. The molecule has 0 aromatic rings. The fraction of sp³-hybridized carbons (Fsp3) is 1.00.